The fourth-order valence-corrected chi connectivity index (χ4v) is 2.58. The van der Waals surface area contributed by atoms with Crippen LogP contribution in [0.2, 0.25) is 0 Å². The van der Waals surface area contributed by atoms with Gasteiger partial charge in [0.2, 0.25) is 11.9 Å². The van der Waals surface area contributed by atoms with Crippen LogP contribution in [0.3, 0.4) is 0 Å². The van der Waals surface area contributed by atoms with Gasteiger partial charge in [-0.15, -0.1) is 0 Å². The van der Waals surface area contributed by atoms with E-state index in [1.807, 2.05) is 0 Å². The molecule has 1 aromatic heterocycles. The second kappa shape index (κ2) is 9.59. The van der Waals surface area contributed by atoms with Crippen molar-refractivity contribution >= 4 is 11.9 Å². The Morgan fingerprint density at radius 3 is 2.21 bits per heavy atom. The SMILES string of the molecule is CCOC(=O)C(OC(=O)c1cc(OC)c(OC)c(OC)c1)c1ncccc1C. The zero-order chi connectivity index (χ0) is 20.7. The van der Waals surface area contributed by atoms with Crippen LogP contribution in [0, 0.1) is 6.92 Å². The lowest BCUT2D eigenvalue weighted by Crippen LogP contribution is -2.24. The molecule has 1 heterocycles. The molecule has 0 N–H and O–H groups in total. The molecule has 0 spiro atoms. The van der Waals surface area contributed by atoms with E-state index >= 15 is 0 Å². The van der Waals surface area contributed by atoms with Crippen molar-refractivity contribution in [1.29, 1.82) is 0 Å². The van der Waals surface area contributed by atoms with E-state index in [1.165, 1.54) is 39.7 Å². The van der Waals surface area contributed by atoms with Gasteiger partial charge in [0.05, 0.1) is 39.2 Å². The molecule has 0 fully saturated rings. The minimum absolute atomic E-state index is 0.123. The van der Waals surface area contributed by atoms with E-state index in [1.54, 1.807) is 26.0 Å². The lowest BCUT2D eigenvalue weighted by atomic mass is 10.1. The van der Waals surface area contributed by atoms with Gasteiger partial charge in [0.15, 0.2) is 11.5 Å². The molecule has 2 rings (SSSR count). The molecule has 8 heteroatoms. The number of carbonyl (C=O) groups is 2. The summed E-state index contributed by atoms with van der Waals surface area (Å²) in [5, 5.41) is 0. The van der Waals surface area contributed by atoms with Crippen LogP contribution in [-0.2, 0) is 14.3 Å². The largest absolute Gasteiger partial charge is 0.493 e. The highest BCUT2D eigenvalue weighted by atomic mass is 16.6. The van der Waals surface area contributed by atoms with E-state index < -0.39 is 18.0 Å². The van der Waals surface area contributed by atoms with Gasteiger partial charge < -0.3 is 23.7 Å². The van der Waals surface area contributed by atoms with E-state index in [4.69, 9.17) is 23.7 Å². The number of benzene rings is 1. The van der Waals surface area contributed by atoms with Gasteiger partial charge in [-0.05, 0) is 37.6 Å². The Labute approximate surface area is 163 Å². The quantitative estimate of drug-likeness (QED) is 0.636. The molecule has 0 saturated carbocycles. The van der Waals surface area contributed by atoms with E-state index in [9.17, 15) is 9.59 Å². The van der Waals surface area contributed by atoms with Crippen molar-refractivity contribution in [1.82, 2.24) is 4.98 Å². The molecule has 1 aromatic carbocycles. The number of methoxy groups -OCH3 is 3. The van der Waals surface area contributed by atoms with Gasteiger partial charge in [0.25, 0.3) is 0 Å². The van der Waals surface area contributed by atoms with E-state index in [-0.39, 0.29) is 23.7 Å². The zero-order valence-corrected chi connectivity index (χ0v) is 16.5. The number of aromatic nitrogens is 1. The van der Waals surface area contributed by atoms with Crippen LogP contribution < -0.4 is 14.2 Å². The molecule has 0 bridgehead atoms. The highest BCUT2D eigenvalue weighted by molar-refractivity contribution is 5.93. The lowest BCUT2D eigenvalue weighted by molar-refractivity contribution is -0.154. The molecule has 2 aromatic rings. The number of nitrogens with zero attached hydrogens (tertiary/aromatic N) is 1. The Morgan fingerprint density at radius 1 is 1.07 bits per heavy atom. The third-order valence-electron chi connectivity index (χ3n) is 3.92. The summed E-state index contributed by atoms with van der Waals surface area (Å²) >= 11 is 0. The number of hydrogen-bond acceptors (Lipinski definition) is 8. The van der Waals surface area contributed by atoms with Crippen LogP contribution in [-0.4, -0.2) is 44.9 Å². The molecular weight excluding hydrogens is 366 g/mol. The summed E-state index contributed by atoms with van der Waals surface area (Å²) in [6.07, 6.45) is 0.217. The van der Waals surface area contributed by atoms with Gasteiger partial charge in [-0.25, -0.2) is 9.59 Å². The van der Waals surface area contributed by atoms with Crippen LogP contribution in [0.25, 0.3) is 0 Å². The number of hydrogen-bond donors (Lipinski definition) is 0. The van der Waals surface area contributed by atoms with Crippen LogP contribution in [0.1, 0.15) is 34.6 Å². The van der Waals surface area contributed by atoms with Crippen molar-refractivity contribution in [3.05, 3.63) is 47.3 Å². The van der Waals surface area contributed by atoms with Crippen molar-refractivity contribution < 1.29 is 33.3 Å². The third kappa shape index (κ3) is 4.51. The molecule has 0 aliphatic heterocycles. The summed E-state index contributed by atoms with van der Waals surface area (Å²) in [5.41, 5.74) is 1.12. The maximum absolute atomic E-state index is 12.8. The number of aryl methyl sites for hydroxylation is 1. The van der Waals surface area contributed by atoms with Crippen molar-refractivity contribution in [3.63, 3.8) is 0 Å². The summed E-state index contributed by atoms with van der Waals surface area (Å²) in [6, 6.07) is 6.37. The fraction of sp³-hybridized carbons (Fsp3) is 0.350. The van der Waals surface area contributed by atoms with Gasteiger partial charge >= 0.3 is 11.9 Å². The van der Waals surface area contributed by atoms with Gasteiger partial charge in [0.1, 0.15) is 0 Å². The summed E-state index contributed by atoms with van der Waals surface area (Å²) in [5.74, 6) is -0.553. The Bertz CT molecular complexity index is 825. The first-order valence-corrected chi connectivity index (χ1v) is 8.55. The summed E-state index contributed by atoms with van der Waals surface area (Å²) in [7, 11) is 4.33. The molecular formula is C20H23NO7. The van der Waals surface area contributed by atoms with Gasteiger partial charge in [-0.3, -0.25) is 4.98 Å². The standard InChI is InChI=1S/C20H23NO7/c1-6-27-20(23)18(16-12(2)8-7-9-21-16)28-19(22)13-10-14(24-3)17(26-5)15(11-13)25-4/h7-11,18H,6H2,1-5H3. The highest BCUT2D eigenvalue weighted by Gasteiger charge is 2.30. The molecule has 28 heavy (non-hydrogen) atoms. The molecule has 0 amide bonds. The van der Waals surface area contributed by atoms with Crippen molar-refractivity contribution in [2.75, 3.05) is 27.9 Å². The summed E-state index contributed by atoms with van der Waals surface area (Å²) in [6.45, 7) is 3.58. The van der Waals surface area contributed by atoms with Crippen molar-refractivity contribution in [2.24, 2.45) is 0 Å². The maximum Gasteiger partial charge on any atom is 0.353 e. The second-order valence-corrected chi connectivity index (χ2v) is 5.66. The molecule has 1 atom stereocenters. The minimum atomic E-state index is -1.30. The first kappa shape index (κ1) is 21.0. The van der Waals surface area contributed by atoms with Gasteiger partial charge in [-0.1, -0.05) is 6.07 Å². The zero-order valence-electron chi connectivity index (χ0n) is 16.5. The van der Waals surface area contributed by atoms with Crippen LogP contribution in [0.4, 0.5) is 0 Å². The highest BCUT2D eigenvalue weighted by Crippen LogP contribution is 2.38. The van der Waals surface area contributed by atoms with Crippen LogP contribution in [0.15, 0.2) is 30.5 Å². The fourth-order valence-electron chi connectivity index (χ4n) is 2.58. The number of pyridine rings is 1. The molecule has 0 aliphatic carbocycles. The monoisotopic (exact) mass is 389 g/mol. The van der Waals surface area contributed by atoms with Gasteiger partial charge in [0, 0.05) is 6.20 Å². The summed E-state index contributed by atoms with van der Waals surface area (Å²) in [4.78, 5) is 29.4. The van der Waals surface area contributed by atoms with Crippen molar-refractivity contribution in [2.45, 2.75) is 20.0 Å². The number of esters is 2. The first-order chi connectivity index (χ1) is 13.5. The smallest absolute Gasteiger partial charge is 0.353 e. The van der Waals surface area contributed by atoms with E-state index in [2.05, 4.69) is 4.98 Å². The van der Waals surface area contributed by atoms with E-state index in [0.717, 1.165) is 0 Å². The number of ether oxygens (including phenoxy) is 5. The molecule has 0 saturated heterocycles. The van der Waals surface area contributed by atoms with Crippen LogP contribution >= 0.6 is 0 Å². The van der Waals surface area contributed by atoms with Crippen LogP contribution in [0.5, 0.6) is 17.2 Å². The molecule has 0 aliphatic rings. The molecule has 8 nitrogen and oxygen atoms in total. The third-order valence-corrected chi connectivity index (χ3v) is 3.92. The average Bonchev–Trinajstić information content (AvgIpc) is 2.71. The van der Waals surface area contributed by atoms with E-state index in [0.29, 0.717) is 17.0 Å². The average molecular weight is 389 g/mol. The molecule has 1 unspecified atom stereocenters. The predicted octanol–water partition coefficient (Wildman–Crippen LogP) is 2.88. The Kier molecular flexibility index (Phi) is 7.20. The Hall–Kier alpha value is -3.29. The normalized spacial score (nSPS) is 11.3. The maximum atomic E-state index is 12.8. The first-order valence-electron chi connectivity index (χ1n) is 8.55. The minimum Gasteiger partial charge on any atom is -0.493 e. The number of rotatable bonds is 8. The number of carbonyl (C=O) groups excluding carboxylic acids is 2. The Morgan fingerprint density at radius 2 is 1.71 bits per heavy atom. The molecule has 150 valence electrons. The summed E-state index contributed by atoms with van der Waals surface area (Å²) < 4.78 is 26.3. The van der Waals surface area contributed by atoms with Crippen molar-refractivity contribution in [3.8, 4) is 17.2 Å². The lowest BCUT2D eigenvalue weighted by Gasteiger charge is -2.18. The van der Waals surface area contributed by atoms with Gasteiger partial charge in [-0.2, -0.15) is 0 Å². The molecule has 0 radical (unpaired) electrons. The second-order valence-electron chi connectivity index (χ2n) is 5.66. The Balaban J connectivity index is 2.41. The predicted molar refractivity (Wildman–Crippen MR) is 99.9 cm³/mol. The topological polar surface area (TPSA) is 93.2 Å².